The average Bonchev–Trinajstić information content (AvgIpc) is 3.12. The molecule has 4 rings (SSSR count). The van der Waals surface area contributed by atoms with Gasteiger partial charge in [-0.1, -0.05) is 6.07 Å². The van der Waals surface area contributed by atoms with Crippen molar-refractivity contribution in [1.29, 1.82) is 0 Å². The largest absolute Gasteiger partial charge is 0.388 e. The molecule has 78 valence electrons. The summed E-state index contributed by atoms with van der Waals surface area (Å²) in [5.74, 6) is 3.93. The van der Waals surface area contributed by atoms with Gasteiger partial charge in [-0.2, -0.15) is 0 Å². The van der Waals surface area contributed by atoms with Gasteiger partial charge in [0.1, 0.15) is 0 Å². The molecule has 0 radical (unpaired) electrons. The standard InChI is InChI=1S/C14H17N/c1-15-10-2-3-11-12-5-8(12)4-9-6-13(9)14(11)7-10/h2-3,7-9,12-13,15H,4-6H2,1H3/t8-,9+,12?,13?/m1/s1. The highest BCUT2D eigenvalue weighted by atomic mass is 14.8. The lowest BCUT2D eigenvalue weighted by atomic mass is 9.99. The Kier molecular flexibility index (Phi) is 1.41. The fourth-order valence-corrected chi connectivity index (χ4v) is 3.56. The number of nitrogens with one attached hydrogen (secondary N) is 1. The van der Waals surface area contributed by atoms with Gasteiger partial charge in [-0.25, -0.2) is 0 Å². The molecule has 0 amide bonds. The molecule has 1 heteroatoms. The molecule has 0 saturated heterocycles. The second kappa shape index (κ2) is 2.58. The summed E-state index contributed by atoms with van der Waals surface area (Å²) >= 11 is 0. The maximum absolute atomic E-state index is 3.26. The van der Waals surface area contributed by atoms with Gasteiger partial charge in [0.25, 0.3) is 0 Å². The summed E-state index contributed by atoms with van der Waals surface area (Å²) in [6.45, 7) is 0. The molecule has 4 atom stereocenters. The van der Waals surface area contributed by atoms with E-state index in [1.54, 1.807) is 11.1 Å². The zero-order valence-corrected chi connectivity index (χ0v) is 9.16. The van der Waals surface area contributed by atoms with Crippen LogP contribution in [0.5, 0.6) is 0 Å². The van der Waals surface area contributed by atoms with Crippen molar-refractivity contribution in [3.63, 3.8) is 0 Å². The van der Waals surface area contributed by atoms with Gasteiger partial charge in [0.2, 0.25) is 0 Å². The number of hydrogen-bond acceptors (Lipinski definition) is 1. The van der Waals surface area contributed by atoms with Crippen molar-refractivity contribution in [3.8, 4) is 0 Å². The van der Waals surface area contributed by atoms with Gasteiger partial charge < -0.3 is 5.32 Å². The topological polar surface area (TPSA) is 12.0 Å². The van der Waals surface area contributed by atoms with E-state index in [0.717, 1.165) is 23.7 Å². The highest BCUT2D eigenvalue weighted by Gasteiger charge is 2.51. The van der Waals surface area contributed by atoms with E-state index < -0.39 is 0 Å². The van der Waals surface area contributed by atoms with Gasteiger partial charge in [0.15, 0.2) is 0 Å². The van der Waals surface area contributed by atoms with E-state index in [4.69, 9.17) is 0 Å². The van der Waals surface area contributed by atoms with Crippen molar-refractivity contribution in [2.75, 3.05) is 12.4 Å². The summed E-state index contributed by atoms with van der Waals surface area (Å²) < 4.78 is 0. The van der Waals surface area contributed by atoms with Gasteiger partial charge in [-0.15, -0.1) is 0 Å². The van der Waals surface area contributed by atoms with Gasteiger partial charge in [0, 0.05) is 12.7 Å². The van der Waals surface area contributed by atoms with Crippen LogP contribution in [-0.4, -0.2) is 7.05 Å². The molecule has 0 aliphatic heterocycles. The Balaban J connectivity index is 1.85. The maximum Gasteiger partial charge on any atom is 0.0340 e. The van der Waals surface area contributed by atoms with E-state index in [2.05, 4.69) is 23.5 Å². The smallest absolute Gasteiger partial charge is 0.0340 e. The molecular formula is C14H17N. The van der Waals surface area contributed by atoms with Crippen molar-refractivity contribution >= 4 is 5.69 Å². The first-order chi connectivity index (χ1) is 7.36. The van der Waals surface area contributed by atoms with Crippen LogP contribution in [0, 0.1) is 11.8 Å². The van der Waals surface area contributed by atoms with Crippen LogP contribution in [0.1, 0.15) is 42.2 Å². The molecule has 2 unspecified atom stereocenters. The Labute approximate surface area is 90.9 Å². The number of rotatable bonds is 1. The number of hydrogen-bond donors (Lipinski definition) is 1. The summed E-state index contributed by atoms with van der Waals surface area (Å²) in [6.07, 6.45) is 4.44. The van der Waals surface area contributed by atoms with E-state index in [0.29, 0.717) is 0 Å². The normalized spacial score (nSPS) is 39.5. The monoisotopic (exact) mass is 199 g/mol. The Morgan fingerprint density at radius 2 is 1.73 bits per heavy atom. The molecule has 0 aromatic heterocycles. The molecule has 1 nitrogen and oxygen atoms in total. The van der Waals surface area contributed by atoms with E-state index in [1.807, 2.05) is 7.05 Å². The molecule has 0 spiro atoms. The van der Waals surface area contributed by atoms with Gasteiger partial charge in [-0.3, -0.25) is 0 Å². The number of benzene rings is 1. The predicted octanol–water partition coefficient (Wildman–Crippen LogP) is 3.34. The summed E-state index contributed by atoms with van der Waals surface area (Å²) in [6, 6.07) is 7.03. The molecule has 0 bridgehead atoms. The van der Waals surface area contributed by atoms with Crippen LogP contribution in [0.2, 0.25) is 0 Å². The molecule has 15 heavy (non-hydrogen) atoms. The van der Waals surface area contributed by atoms with E-state index in [9.17, 15) is 0 Å². The molecule has 1 aromatic carbocycles. The Morgan fingerprint density at radius 1 is 1.00 bits per heavy atom. The predicted molar refractivity (Wildman–Crippen MR) is 62.3 cm³/mol. The fourth-order valence-electron chi connectivity index (χ4n) is 3.56. The van der Waals surface area contributed by atoms with Crippen LogP contribution in [-0.2, 0) is 0 Å². The summed E-state index contributed by atoms with van der Waals surface area (Å²) in [4.78, 5) is 0. The zero-order chi connectivity index (χ0) is 9.99. The lowest BCUT2D eigenvalue weighted by Gasteiger charge is -2.10. The molecular weight excluding hydrogens is 182 g/mol. The third-order valence-electron chi connectivity index (χ3n) is 4.63. The minimum atomic E-state index is 0.918. The summed E-state index contributed by atoms with van der Waals surface area (Å²) in [7, 11) is 2.02. The first-order valence-corrected chi connectivity index (χ1v) is 6.18. The molecule has 2 fully saturated rings. The third-order valence-corrected chi connectivity index (χ3v) is 4.63. The fraction of sp³-hybridized carbons (Fsp3) is 0.571. The van der Waals surface area contributed by atoms with E-state index in [-0.39, 0.29) is 0 Å². The van der Waals surface area contributed by atoms with E-state index in [1.165, 1.54) is 24.9 Å². The highest BCUT2D eigenvalue weighted by molar-refractivity contribution is 5.53. The van der Waals surface area contributed by atoms with Crippen molar-refractivity contribution in [3.05, 3.63) is 29.3 Å². The van der Waals surface area contributed by atoms with Gasteiger partial charge in [-0.05, 0) is 66.2 Å². The highest BCUT2D eigenvalue weighted by Crippen LogP contribution is 2.64. The first kappa shape index (κ1) is 8.20. The van der Waals surface area contributed by atoms with Crippen molar-refractivity contribution in [1.82, 2.24) is 0 Å². The maximum atomic E-state index is 3.26. The van der Waals surface area contributed by atoms with Crippen LogP contribution in [0.3, 0.4) is 0 Å². The van der Waals surface area contributed by atoms with Crippen molar-refractivity contribution in [2.45, 2.75) is 31.1 Å². The van der Waals surface area contributed by atoms with Crippen LogP contribution < -0.4 is 5.32 Å². The van der Waals surface area contributed by atoms with Crippen LogP contribution in [0.25, 0.3) is 0 Å². The van der Waals surface area contributed by atoms with Crippen LogP contribution >= 0.6 is 0 Å². The quantitative estimate of drug-likeness (QED) is 0.731. The lowest BCUT2D eigenvalue weighted by molar-refractivity contribution is 0.635. The average molecular weight is 199 g/mol. The SMILES string of the molecule is CNc1ccc2c(c1)C1C[C@@H]1C[C@@H]1CC21. The molecule has 3 aliphatic carbocycles. The minimum absolute atomic E-state index is 0.918. The van der Waals surface area contributed by atoms with Gasteiger partial charge in [0.05, 0.1) is 0 Å². The van der Waals surface area contributed by atoms with Crippen LogP contribution in [0.15, 0.2) is 18.2 Å². The third kappa shape index (κ3) is 1.09. The summed E-state index contributed by atoms with van der Waals surface area (Å²) in [5, 5.41) is 3.26. The van der Waals surface area contributed by atoms with Crippen molar-refractivity contribution < 1.29 is 0 Å². The lowest BCUT2D eigenvalue weighted by Crippen LogP contribution is -1.94. The Hall–Kier alpha value is -0.980. The number of anilines is 1. The number of fused-ring (bicyclic) bond motifs is 5. The van der Waals surface area contributed by atoms with Crippen LogP contribution in [0.4, 0.5) is 5.69 Å². The first-order valence-electron chi connectivity index (χ1n) is 6.18. The molecule has 0 heterocycles. The molecule has 2 saturated carbocycles. The van der Waals surface area contributed by atoms with E-state index >= 15 is 0 Å². The molecule has 1 aromatic rings. The van der Waals surface area contributed by atoms with Gasteiger partial charge >= 0.3 is 0 Å². The Morgan fingerprint density at radius 3 is 2.47 bits per heavy atom. The second-order valence-electron chi connectivity index (χ2n) is 5.53. The minimum Gasteiger partial charge on any atom is -0.388 e. The van der Waals surface area contributed by atoms with Crippen molar-refractivity contribution in [2.24, 2.45) is 11.8 Å². The zero-order valence-electron chi connectivity index (χ0n) is 9.16. The molecule has 3 aliphatic rings. The Bertz CT molecular complexity index is 423. The molecule has 1 N–H and O–H groups in total. The second-order valence-corrected chi connectivity index (χ2v) is 5.53. The summed E-state index contributed by atoms with van der Waals surface area (Å²) in [5.41, 5.74) is 4.65.